The zero-order valence-corrected chi connectivity index (χ0v) is 10.6. The zero-order valence-electron chi connectivity index (χ0n) is 10.6. The van der Waals surface area contributed by atoms with Gasteiger partial charge in [0.25, 0.3) is 0 Å². The molecule has 1 atom stereocenters. The minimum atomic E-state index is -1.59. The summed E-state index contributed by atoms with van der Waals surface area (Å²) in [5, 5.41) is 21.4. The molecule has 0 aliphatic rings. The summed E-state index contributed by atoms with van der Waals surface area (Å²) in [6.07, 6.45) is -0.784. The van der Waals surface area contributed by atoms with Crippen LogP contribution in [0.25, 0.3) is 0 Å². The number of nitrogens with one attached hydrogen (secondary N) is 2. The van der Waals surface area contributed by atoms with Gasteiger partial charge < -0.3 is 20.8 Å². The number of rotatable bonds is 6. The number of urea groups is 1. The molecule has 1 unspecified atom stereocenters. The second-order valence-electron chi connectivity index (χ2n) is 4.06. The number of carboxylic acid groups (broad SMARTS) is 2. The predicted molar refractivity (Wildman–Crippen MR) is 65.4 cm³/mol. The number of benzene rings is 1. The van der Waals surface area contributed by atoms with E-state index in [4.69, 9.17) is 10.2 Å². The number of hydrogen-bond donors (Lipinski definition) is 4. The van der Waals surface area contributed by atoms with Crippen molar-refractivity contribution in [1.29, 1.82) is 0 Å². The standard InChI is InChI=1S/C12H12F2N2O5/c13-7-2-1-6(3-8(7)14)5-15-12(21)16-9(11(19)20)4-10(17)18/h1-3,9H,4-5H2,(H,17,18)(H,19,20)(H2,15,16,21). The molecule has 0 saturated carbocycles. The van der Waals surface area contributed by atoms with E-state index in [9.17, 15) is 23.2 Å². The zero-order chi connectivity index (χ0) is 16.0. The third-order valence-corrected chi connectivity index (χ3v) is 2.42. The van der Waals surface area contributed by atoms with Crippen LogP contribution in [0.2, 0.25) is 0 Å². The van der Waals surface area contributed by atoms with Crippen LogP contribution in [0.3, 0.4) is 0 Å². The van der Waals surface area contributed by atoms with Gasteiger partial charge in [-0.15, -0.1) is 0 Å². The summed E-state index contributed by atoms with van der Waals surface area (Å²) in [6.45, 7) is -0.178. The Hall–Kier alpha value is -2.71. The molecule has 0 radical (unpaired) electrons. The van der Waals surface area contributed by atoms with E-state index < -0.39 is 42.1 Å². The second kappa shape index (κ2) is 7.17. The molecule has 114 valence electrons. The average Bonchev–Trinajstić information content (AvgIpc) is 2.38. The molecule has 0 aromatic heterocycles. The Bertz CT molecular complexity index is 565. The van der Waals surface area contributed by atoms with Gasteiger partial charge in [-0.05, 0) is 17.7 Å². The van der Waals surface area contributed by atoms with E-state index in [1.165, 1.54) is 6.07 Å². The molecule has 21 heavy (non-hydrogen) atoms. The third kappa shape index (κ3) is 5.43. The third-order valence-electron chi connectivity index (χ3n) is 2.42. The van der Waals surface area contributed by atoms with Gasteiger partial charge in [-0.2, -0.15) is 0 Å². The van der Waals surface area contributed by atoms with Crippen LogP contribution >= 0.6 is 0 Å². The molecule has 4 N–H and O–H groups in total. The predicted octanol–water partition coefficient (Wildman–Crippen LogP) is 0.692. The molecular weight excluding hydrogens is 290 g/mol. The first-order valence-corrected chi connectivity index (χ1v) is 5.72. The van der Waals surface area contributed by atoms with Crippen molar-refractivity contribution in [3.8, 4) is 0 Å². The molecular formula is C12H12F2N2O5. The van der Waals surface area contributed by atoms with Gasteiger partial charge in [0.15, 0.2) is 11.6 Å². The van der Waals surface area contributed by atoms with Gasteiger partial charge in [-0.3, -0.25) is 4.79 Å². The van der Waals surface area contributed by atoms with Gasteiger partial charge in [-0.1, -0.05) is 6.07 Å². The van der Waals surface area contributed by atoms with E-state index in [0.29, 0.717) is 0 Å². The molecule has 0 heterocycles. The molecule has 0 fully saturated rings. The molecule has 2 amide bonds. The highest BCUT2D eigenvalue weighted by atomic mass is 19.2. The number of carbonyl (C=O) groups is 3. The number of carbonyl (C=O) groups excluding carboxylic acids is 1. The van der Waals surface area contributed by atoms with Crippen molar-refractivity contribution in [3.05, 3.63) is 35.4 Å². The normalized spacial score (nSPS) is 11.5. The lowest BCUT2D eigenvalue weighted by molar-refractivity contribution is -0.145. The molecule has 1 aromatic rings. The van der Waals surface area contributed by atoms with Crippen LogP contribution in [-0.4, -0.2) is 34.2 Å². The minimum absolute atomic E-state index is 0.178. The van der Waals surface area contributed by atoms with Crippen molar-refractivity contribution in [2.24, 2.45) is 0 Å². The summed E-state index contributed by atoms with van der Waals surface area (Å²) in [5.74, 6) is -5.00. The second-order valence-corrected chi connectivity index (χ2v) is 4.06. The maximum Gasteiger partial charge on any atom is 0.326 e. The summed E-state index contributed by atoms with van der Waals surface area (Å²) in [7, 11) is 0. The summed E-state index contributed by atoms with van der Waals surface area (Å²) in [6, 6.07) is 0.474. The van der Waals surface area contributed by atoms with Crippen LogP contribution in [0.4, 0.5) is 13.6 Å². The summed E-state index contributed by atoms with van der Waals surface area (Å²) in [4.78, 5) is 32.6. The van der Waals surface area contributed by atoms with E-state index in [2.05, 4.69) is 5.32 Å². The Morgan fingerprint density at radius 3 is 2.33 bits per heavy atom. The molecule has 0 saturated heterocycles. The lowest BCUT2D eigenvalue weighted by atomic mass is 10.2. The quantitative estimate of drug-likeness (QED) is 0.617. The van der Waals surface area contributed by atoms with Crippen molar-refractivity contribution >= 4 is 18.0 Å². The van der Waals surface area contributed by atoms with Gasteiger partial charge in [0.2, 0.25) is 0 Å². The van der Waals surface area contributed by atoms with Crippen molar-refractivity contribution in [2.75, 3.05) is 0 Å². The first-order valence-electron chi connectivity index (χ1n) is 5.72. The van der Waals surface area contributed by atoms with Crippen LogP contribution < -0.4 is 10.6 Å². The van der Waals surface area contributed by atoms with Crippen molar-refractivity contribution in [1.82, 2.24) is 10.6 Å². The maximum atomic E-state index is 12.9. The highest BCUT2D eigenvalue weighted by molar-refractivity contribution is 5.86. The Morgan fingerprint density at radius 2 is 1.81 bits per heavy atom. The van der Waals surface area contributed by atoms with Gasteiger partial charge in [0.05, 0.1) is 6.42 Å². The van der Waals surface area contributed by atoms with Gasteiger partial charge in [-0.25, -0.2) is 18.4 Å². The summed E-state index contributed by atoms with van der Waals surface area (Å²) >= 11 is 0. The van der Waals surface area contributed by atoms with Crippen LogP contribution in [0.15, 0.2) is 18.2 Å². The van der Waals surface area contributed by atoms with E-state index in [1.54, 1.807) is 0 Å². The maximum absolute atomic E-state index is 12.9. The van der Waals surface area contributed by atoms with Crippen molar-refractivity contribution < 1.29 is 33.4 Å². The Morgan fingerprint density at radius 1 is 1.14 bits per heavy atom. The van der Waals surface area contributed by atoms with E-state index in [0.717, 1.165) is 12.1 Å². The number of halogens is 2. The molecule has 0 bridgehead atoms. The summed E-state index contributed by atoms with van der Waals surface area (Å²) in [5.41, 5.74) is 0.258. The largest absolute Gasteiger partial charge is 0.481 e. The van der Waals surface area contributed by atoms with Crippen LogP contribution in [0.1, 0.15) is 12.0 Å². The van der Waals surface area contributed by atoms with Crippen LogP contribution in [0.5, 0.6) is 0 Å². The molecule has 0 aliphatic heterocycles. The lowest BCUT2D eigenvalue weighted by Gasteiger charge is -2.13. The fourth-order valence-corrected chi connectivity index (χ4v) is 1.42. The number of aliphatic carboxylic acids is 2. The molecule has 0 spiro atoms. The smallest absolute Gasteiger partial charge is 0.326 e. The first-order chi connectivity index (χ1) is 9.79. The van der Waals surface area contributed by atoms with Crippen molar-refractivity contribution in [3.63, 3.8) is 0 Å². The molecule has 1 aromatic carbocycles. The van der Waals surface area contributed by atoms with Gasteiger partial charge in [0.1, 0.15) is 6.04 Å². The minimum Gasteiger partial charge on any atom is -0.481 e. The number of amides is 2. The van der Waals surface area contributed by atoms with Gasteiger partial charge >= 0.3 is 18.0 Å². The Labute approximate surface area is 117 Å². The fourth-order valence-electron chi connectivity index (χ4n) is 1.42. The Balaban J connectivity index is 2.54. The number of carboxylic acids is 2. The van der Waals surface area contributed by atoms with Crippen molar-refractivity contribution in [2.45, 2.75) is 19.0 Å². The number of hydrogen-bond acceptors (Lipinski definition) is 3. The first kappa shape index (κ1) is 16.3. The fraction of sp³-hybridized carbons (Fsp3) is 0.250. The average molecular weight is 302 g/mol. The SMILES string of the molecule is O=C(O)CC(NC(=O)NCc1ccc(F)c(F)c1)C(=O)O. The Kier molecular flexibility index (Phi) is 5.58. The van der Waals surface area contributed by atoms with E-state index in [1.807, 2.05) is 5.32 Å². The molecule has 7 nitrogen and oxygen atoms in total. The van der Waals surface area contributed by atoms with Crippen LogP contribution in [0, 0.1) is 11.6 Å². The molecule has 0 aliphatic carbocycles. The van der Waals surface area contributed by atoms with Crippen LogP contribution in [-0.2, 0) is 16.1 Å². The highest BCUT2D eigenvalue weighted by Crippen LogP contribution is 2.08. The molecule has 1 rings (SSSR count). The topological polar surface area (TPSA) is 116 Å². The van der Waals surface area contributed by atoms with E-state index in [-0.39, 0.29) is 12.1 Å². The lowest BCUT2D eigenvalue weighted by Crippen LogP contribution is -2.46. The molecule has 9 heteroatoms. The summed E-state index contributed by atoms with van der Waals surface area (Å²) < 4.78 is 25.6. The monoisotopic (exact) mass is 302 g/mol. The van der Waals surface area contributed by atoms with E-state index >= 15 is 0 Å². The highest BCUT2D eigenvalue weighted by Gasteiger charge is 2.22. The van der Waals surface area contributed by atoms with Gasteiger partial charge in [0, 0.05) is 6.54 Å².